The van der Waals surface area contributed by atoms with Crippen LogP contribution >= 0.6 is 0 Å². The number of halogens is 3. The molecule has 0 amide bonds. The van der Waals surface area contributed by atoms with E-state index >= 15 is 0 Å². The summed E-state index contributed by atoms with van der Waals surface area (Å²) in [5.41, 5.74) is 8.45. The molecule has 2 heterocycles. The molecule has 152 valence electrons. The van der Waals surface area contributed by atoms with Crippen LogP contribution in [0.3, 0.4) is 0 Å². The van der Waals surface area contributed by atoms with Crippen LogP contribution in [0.1, 0.15) is 5.56 Å². The lowest BCUT2D eigenvalue weighted by Gasteiger charge is -2.13. The van der Waals surface area contributed by atoms with Crippen molar-refractivity contribution in [3.63, 3.8) is 0 Å². The van der Waals surface area contributed by atoms with Crippen LogP contribution in [0.25, 0.3) is 44.1 Å². The largest absolute Gasteiger partial charge is 0.416 e. The number of benzene rings is 3. The maximum absolute atomic E-state index is 13.3. The van der Waals surface area contributed by atoms with E-state index in [0.29, 0.717) is 22.6 Å². The van der Waals surface area contributed by atoms with E-state index in [2.05, 4.69) is 4.98 Å². The Hall–Kier alpha value is -3.93. The second-order valence-electron chi connectivity index (χ2n) is 7.29. The fourth-order valence-electron chi connectivity index (χ4n) is 3.78. The number of pyridine rings is 2. The number of nitrogens with zero attached hydrogens (tertiary/aromatic N) is 2. The van der Waals surface area contributed by atoms with Crippen LogP contribution < -0.4 is 5.73 Å². The van der Waals surface area contributed by atoms with E-state index in [9.17, 15) is 13.2 Å². The minimum atomic E-state index is -4.41. The third-order valence-electron chi connectivity index (χ3n) is 5.29. The van der Waals surface area contributed by atoms with Gasteiger partial charge < -0.3 is 5.73 Å². The summed E-state index contributed by atoms with van der Waals surface area (Å²) in [6.07, 6.45) is -2.75. The lowest BCUT2D eigenvalue weighted by molar-refractivity contribution is -0.137. The Morgan fingerprint density at radius 3 is 2.29 bits per heavy atom. The Labute approximate surface area is 176 Å². The third kappa shape index (κ3) is 3.46. The molecule has 2 N–H and O–H groups in total. The number of hydrogen-bond donors (Lipinski definition) is 1. The summed E-state index contributed by atoms with van der Waals surface area (Å²) < 4.78 is 39.9. The van der Waals surface area contributed by atoms with Gasteiger partial charge in [-0.1, -0.05) is 48.5 Å². The van der Waals surface area contributed by atoms with E-state index in [1.165, 1.54) is 12.1 Å². The predicted molar refractivity (Wildman–Crippen MR) is 117 cm³/mol. The second-order valence-corrected chi connectivity index (χ2v) is 7.29. The molecule has 0 unspecified atom stereocenters. The highest BCUT2D eigenvalue weighted by atomic mass is 19.4. The SMILES string of the molecule is Nc1ccc(-c2ccc3ccc4cccc(-c5cccc(C(F)(F)F)c5)c4c3n2)cn1. The molecule has 0 bridgehead atoms. The predicted octanol–water partition coefficient (Wildman–Crippen LogP) is 6.72. The zero-order valence-corrected chi connectivity index (χ0v) is 16.2. The van der Waals surface area contributed by atoms with E-state index in [1.807, 2.05) is 48.5 Å². The number of fused-ring (bicyclic) bond motifs is 3. The molecule has 5 rings (SSSR count). The van der Waals surface area contributed by atoms with Crippen LogP contribution in [0, 0.1) is 0 Å². The summed E-state index contributed by atoms with van der Waals surface area (Å²) >= 11 is 0. The molecule has 0 saturated carbocycles. The van der Waals surface area contributed by atoms with E-state index in [-0.39, 0.29) is 0 Å². The summed E-state index contributed by atoms with van der Waals surface area (Å²) in [5, 5.41) is 2.62. The Morgan fingerprint density at radius 1 is 0.742 bits per heavy atom. The number of hydrogen-bond acceptors (Lipinski definition) is 3. The van der Waals surface area contributed by atoms with Crippen molar-refractivity contribution >= 4 is 27.5 Å². The number of alkyl halides is 3. The summed E-state index contributed by atoms with van der Waals surface area (Å²) in [6.45, 7) is 0. The fourth-order valence-corrected chi connectivity index (χ4v) is 3.78. The normalized spacial score (nSPS) is 11.8. The average molecular weight is 415 g/mol. The van der Waals surface area contributed by atoms with Gasteiger partial charge in [-0.3, -0.25) is 0 Å². The monoisotopic (exact) mass is 415 g/mol. The summed E-state index contributed by atoms with van der Waals surface area (Å²) in [6, 6.07) is 22.3. The molecule has 0 fully saturated rings. The van der Waals surface area contributed by atoms with Crippen molar-refractivity contribution in [2.24, 2.45) is 0 Å². The quantitative estimate of drug-likeness (QED) is 0.326. The van der Waals surface area contributed by atoms with Gasteiger partial charge in [0.25, 0.3) is 0 Å². The van der Waals surface area contributed by atoms with Crippen molar-refractivity contribution in [3.8, 4) is 22.4 Å². The van der Waals surface area contributed by atoms with Crippen LogP contribution in [0.2, 0.25) is 0 Å². The summed E-state index contributed by atoms with van der Waals surface area (Å²) in [7, 11) is 0. The molecule has 5 aromatic rings. The van der Waals surface area contributed by atoms with Crippen LogP contribution in [0.4, 0.5) is 19.0 Å². The number of nitrogen functional groups attached to an aromatic ring is 1. The molecule has 6 heteroatoms. The number of rotatable bonds is 2. The first-order valence-corrected chi connectivity index (χ1v) is 9.62. The van der Waals surface area contributed by atoms with Crippen molar-refractivity contribution in [1.29, 1.82) is 0 Å². The van der Waals surface area contributed by atoms with Crippen molar-refractivity contribution in [2.45, 2.75) is 6.18 Å². The maximum Gasteiger partial charge on any atom is 0.416 e. The zero-order chi connectivity index (χ0) is 21.6. The van der Waals surface area contributed by atoms with Crippen molar-refractivity contribution in [3.05, 3.63) is 90.6 Å². The first-order valence-electron chi connectivity index (χ1n) is 9.62. The molecule has 31 heavy (non-hydrogen) atoms. The van der Waals surface area contributed by atoms with E-state index < -0.39 is 11.7 Å². The van der Waals surface area contributed by atoms with Gasteiger partial charge in [-0.05, 0) is 46.8 Å². The van der Waals surface area contributed by atoms with Crippen LogP contribution in [0.5, 0.6) is 0 Å². The molecular weight excluding hydrogens is 399 g/mol. The van der Waals surface area contributed by atoms with Gasteiger partial charge in [-0.15, -0.1) is 0 Å². The number of anilines is 1. The van der Waals surface area contributed by atoms with Gasteiger partial charge in [0.2, 0.25) is 0 Å². The standard InChI is InChI=1S/C25H16F3N3/c26-25(27,28)19-5-1-4-17(13-19)20-6-2-3-15-7-8-16-9-11-21(31-24(16)23(15)20)18-10-12-22(29)30-14-18/h1-14H,(H2,29,30). The lowest BCUT2D eigenvalue weighted by Crippen LogP contribution is -2.04. The fraction of sp³-hybridized carbons (Fsp3) is 0.0400. The second kappa shape index (κ2) is 7.09. The molecule has 0 radical (unpaired) electrons. The lowest BCUT2D eigenvalue weighted by atomic mass is 9.94. The molecule has 0 spiro atoms. The van der Waals surface area contributed by atoms with Gasteiger partial charge in [-0.2, -0.15) is 13.2 Å². The van der Waals surface area contributed by atoms with E-state index in [0.717, 1.165) is 33.3 Å². The Balaban J connectivity index is 1.78. The van der Waals surface area contributed by atoms with Gasteiger partial charge in [-0.25, -0.2) is 9.97 Å². The van der Waals surface area contributed by atoms with Crippen LogP contribution in [0.15, 0.2) is 85.1 Å². The van der Waals surface area contributed by atoms with Crippen molar-refractivity contribution in [1.82, 2.24) is 9.97 Å². The minimum Gasteiger partial charge on any atom is -0.384 e. The smallest absolute Gasteiger partial charge is 0.384 e. The number of nitrogens with two attached hydrogens (primary N) is 1. The van der Waals surface area contributed by atoms with E-state index in [1.54, 1.807) is 18.3 Å². The highest BCUT2D eigenvalue weighted by molar-refractivity contribution is 6.12. The third-order valence-corrected chi connectivity index (χ3v) is 5.29. The van der Waals surface area contributed by atoms with Crippen molar-refractivity contribution < 1.29 is 13.2 Å². The maximum atomic E-state index is 13.3. The molecule has 0 aliphatic heterocycles. The molecular formula is C25H16F3N3. The van der Waals surface area contributed by atoms with Gasteiger partial charge in [0.15, 0.2) is 0 Å². The highest BCUT2D eigenvalue weighted by Gasteiger charge is 2.30. The highest BCUT2D eigenvalue weighted by Crippen LogP contribution is 2.37. The van der Waals surface area contributed by atoms with Crippen molar-refractivity contribution in [2.75, 3.05) is 5.73 Å². The van der Waals surface area contributed by atoms with Crippen LogP contribution in [-0.2, 0) is 6.18 Å². The van der Waals surface area contributed by atoms with Gasteiger partial charge in [0, 0.05) is 22.5 Å². The van der Waals surface area contributed by atoms with E-state index in [4.69, 9.17) is 10.7 Å². The summed E-state index contributed by atoms with van der Waals surface area (Å²) in [5.74, 6) is 0.418. The van der Waals surface area contributed by atoms with Crippen LogP contribution in [-0.4, -0.2) is 9.97 Å². The Morgan fingerprint density at radius 2 is 1.52 bits per heavy atom. The zero-order valence-electron chi connectivity index (χ0n) is 16.2. The average Bonchev–Trinajstić information content (AvgIpc) is 2.78. The molecule has 0 aliphatic rings. The number of aromatic nitrogens is 2. The topological polar surface area (TPSA) is 51.8 Å². The summed E-state index contributed by atoms with van der Waals surface area (Å²) in [4.78, 5) is 8.98. The molecule has 0 saturated heterocycles. The van der Waals surface area contributed by atoms with Gasteiger partial charge in [0.1, 0.15) is 5.82 Å². The molecule has 3 nitrogen and oxygen atoms in total. The molecule has 0 atom stereocenters. The molecule has 2 aromatic heterocycles. The first kappa shape index (κ1) is 19.1. The first-order chi connectivity index (χ1) is 14.9. The molecule has 3 aromatic carbocycles. The minimum absolute atomic E-state index is 0.418. The van der Waals surface area contributed by atoms with Gasteiger partial charge in [0.05, 0.1) is 16.8 Å². The van der Waals surface area contributed by atoms with Gasteiger partial charge >= 0.3 is 6.18 Å². The Kier molecular flexibility index (Phi) is 4.36. The molecule has 0 aliphatic carbocycles. The Bertz CT molecular complexity index is 1420.